The van der Waals surface area contributed by atoms with Crippen molar-refractivity contribution >= 4 is 7.32 Å². The van der Waals surface area contributed by atoms with Crippen LogP contribution in [-0.4, -0.2) is 17.4 Å². The van der Waals surface area contributed by atoms with Gasteiger partial charge in [-0.05, 0) is 0 Å². The molecule has 14 heavy (non-hydrogen) atoms. The molecular weight excluding hydrogens is 227 g/mol. The Morgan fingerprint density at radius 3 is 1.93 bits per heavy atom. The normalized spacial score (nSPS) is 9.21. The average Bonchev–Trinajstić information content (AvgIpc) is 1.98. The third kappa shape index (κ3) is 3.89. The standard InChI is InChI=1S/C6H4BF3O3.K.H/c8-4-1-3(13-7(11)12)2-5(9)6(4)10;;/h1-2,11-12H;;/q;+1;-1. The molecular formula is C6H5BF3KO3. The molecule has 8 heteroatoms. The molecule has 1 aromatic carbocycles. The quantitative estimate of drug-likeness (QED) is 0.440. The van der Waals surface area contributed by atoms with Gasteiger partial charge in [-0.3, -0.25) is 0 Å². The summed E-state index contributed by atoms with van der Waals surface area (Å²) in [4.78, 5) is 0. The molecule has 0 radical (unpaired) electrons. The molecule has 0 aliphatic carbocycles. The number of benzene rings is 1. The van der Waals surface area contributed by atoms with Crippen molar-refractivity contribution in [3.63, 3.8) is 0 Å². The van der Waals surface area contributed by atoms with Crippen molar-refractivity contribution in [1.82, 2.24) is 0 Å². The van der Waals surface area contributed by atoms with Gasteiger partial charge in [0.05, 0.1) is 0 Å². The van der Waals surface area contributed by atoms with Crippen molar-refractivity contribution in [2.75, 3.05) is 0 Å². The van der Waals surface area contributed by atoms with Gasteiger partial charge in [0.15, 0.2) is 17.5 Å². The van der Waals surface area contributed by atoms with E-state index in [2.05, 4.69) is 4.65 Å². The van der Waals surface area contributed by atoms with Crippen LogP contribution in [0.4, 0.5) is 13.2 Å². The fraction of sp³-hybridized carbons (Fsp3) is 0. The summed E-state index contributed by atoms with van der Waals surface area (Å²) < 4.78 is 41.3. The van der Waals surface area contributed by atoms with Gasteiger partial charge in [0, 0.05) is 12.1 Å². The zero-order valence-electron chi connectivity index (χ0n) is 8.17. The summed E-state index contributed by atoms with van der Waals surface area (Å²) in [5.41, 5.74) is 0. The van der Waals surface area contributed by atoms with E-state index in [-0.39, 0.29) is 52.8 Å². The van der Waals surface area contributed by atoms with Crippen molar-refractivity contribution in [1.29, 1.82) is 0 Å². The van der Waals surface area contributed by atoms with Crippen molar-refractivity contribution in [2.24, 2.45) is 0 Å². The molecule has 0 fully saturated rings. The molecule has 0 amide bonds. The zero-order chi connectivity index (χ0) is 10.0. The third-order valence-corrected chi connectivity index (χ3v) is 1.20. The maximum atomic E-state index is 12.4. The summed E-state index contributed by atoms with van der Waals surface area (Å²) in [5, 5.41) is 16.5. The average molecular weight is 232 g/mol. The Bertz CT molecular complexity index is 305. The van der Waals surface area contributed by atoms with Crippen LogP contribution in [0, 0.1) is 17.5 Å². The molecule has 0 saturated heterocycles. The minimum absolute atomic E-state index is 0. The Hall–Kier alpha value is 0.431. The molecule has 1 aromatic rings. The Morgan fingerprint density at radius 1 is 1.14 bits per heavy atom. The molecule has 0 unspecified atom stereocenters. The Kier molecular flexibility index (Phi) is 6.30. The summed E-state index contributed by atoms with van der Waals surface area (Å²) in [5.74, 6) is -5.07. The van der Waals surface area contributed by atoms with Crippen LogP contribution in [0.2, 0.25) is 0 Å². The molecule has 0 aliphatic heterocycles. The first-order valence-electron chi connectivity index (χ1n) is 3.18. The van der Waals surface area contributed by atoms with Crippen LogP contribution in [0.5, 0.6) is 5.75 Å². The number of hydrogen-bond acceptors (Lipinski definition) is 3. The van der Waals surface area contributed by atoms with Gasteiger partial charge < -0.3 is 16.1 Å². The van der Waals surface area contributed by atoms with Gasteiger partial charge in [-0.1, -0.05) is 0 Å². The Balaban J connectivity index is 0. The van der Waals surface area contributed by atoms with E-state index in [9.17, 15) is 13.2 Å². The first-order valence-corrected chi connectivity index (χ1v) is 3.18. The SMILES string of the molecule is OB(O)Oc1cc(F)c(F)c(F)c1.[H-].[K+]. The zero-order valence-corrected chi connectivity index (χ0v) is 10.3. The summed E-state index contributed by atoms with van der Waals surface area (Å²) >= 11 is 0. The van der Waals surface area contributed by atoms with Crippen LogP contribution < -0.4 is 56.0 Å². The van der Waals surface area contributed by atoms with Gasteiger partial charge in [-0.2, -0.15) is 0 Å². The first-order chi connectivity index (χ1) is 6.00. The van der Waals surface area contributed by atoms with Crippen LogP contribution >= 0.6 is 0 Å². The van der Waals surface area contributed by atoms with E-state index in [1.807, 2.05) is 0 Å². The van der Waals surface area contributed by atoms with Crippen molar-refractivity contribution in [2.45, 2.75) is 0 Å². The molecule has 3 nitrogen and oxygen atoms in total. The molecule has 2 N–H and O–H groups in total. The number of rotatable bonds is 2. The van der Waals surface area contributed by atoms with Crippen LogP contribution in [0.25, 0.3) is 0 Å². The third-order valence-electron chi connectivity index (χ3n) is 1.20. The van der Waals surface area contributed by atoms with Gasteiger partial charge in [0.1, 0.15) is 5.75 Å². The molecule has 0 aliphatic rings. The van der Waals surface area contributed by atoms with Crippen molar-refractivity contribution < 1.29 is 80.7 Å². The Labute approximate surface area is 122 Å². The fourth-order valence-electron chi connectivity index (χ4n) is 0.722. The first kappa shape index (κ1) is 14.4. The van der Waals surface area contributed by atoms with Gasteiger partial charge >= 0.3 is 58.7 Å². The molecule has 0 heterocycles. The van der Waals surface area contributed by atoms with Gasteiger partial charge in [-0.15, -0.1) is 0 Å². The van der Waals surface area contributed by atoms with E-state index >= 15 is 0 Å². The number of halogens is 3. The van der Waals surface area contributed by atoms with E-state index < -0.39 is 30.5 Å². The largest absolute Gasteiger partial charge is 1.00 e. The van der Waals surface area contributed by atoms with Gasteiger partial charge in [0.25, 0.3) is 0 Å². The van der Waals surface area contributed by atoms with Gasteiger partial charge in [0.2, 0.25) is 0 Å². The second-order valence-electron chi connectivity index (χ2n) is 2.15. The molecule has 0 saturated carbocycles. The van der Waals surface area contributed by atoms with Crippen LogP contribution in [0.1, 0.15) is 1.43 Å². The summed E-state index contributed by atoms with van der Waals surface area (Å²) in [6, 6.07) is 0.996. The van der Waals surface area contributed by atoms with E-state index in [0.717, 1.165) is 0 Å². The second-order valence-corrected chi connectivity index (χ2v) is 2.15. The second kappa shape index (κ2) is 6.11. The monoisotopic (exact) mass is 232 g/mol. The maximum absolute atomic E-state index is 12.4. The summed E-state index contributed by atoms with van der Waals surface area (Å²) in [6.07, 6.45) is 0. The van der Waals surface area contributed by atoms with E-state index in [0.29, 0.717) is 12.1 Å². The van der Waals surface area contributed by atoms with Gasteiger partial charge in [-0.25, -0.2) is 13.2 Å². The summed E-state index contributed by atoms with van der Waals surface area (Å²) in [7, 11) is -2.20. The predicted octanol–water partition coefficient (Wildman–Crippen LogP) is -2.43. The van der Waals surface area contributed by atoms with Crippen LogP contribution in [0.15, 0.2) is 12.1 Å². The molecule has 0 atom stereocenters. The van der Waals surface area contributed by atoms with E-state index in [1.165, 1.54) is 0 Å². The number of hydrogen-bond donors (Lipinski definition) is 2. The molecule has 0 bridgehead atoms. The van der Waals surface area contributed by atoms with Crippen LogP contribution in [0.3, 0.4) is 0 Å². The molecule has 1 rings (SSSR count). The fourth-order valence-corrected chi connectivity index (χ4v) is 0.722. The minimum Gasteiger partial charge on any atom is -1.00 e. The maximum Gasteiger partial charge on any atom is 1.00 e. The van der Waals surface area contributed by atoms with Crippen LogP contribution in [-0.2, 0) is 0 Å². The predicted molar refractivity (Wildman–Crippen MR) is 38.2 cm³/mol. The molecule has 0 aromatic heterocycles. The van der Waals surface area contributed by atoms with Crippen molar-refractivity contribution in [3.8, 4) is 5.75 Å². The van der Waals surface area contributed by atoms with Crippen molar-refractivity contribution in [3.05, 3.63) is 29.6 Å². The van der Waals surface area contributed by atoms with E-state index in [1.54, 1.807) is 0 Å². The minimum atomic E-state index is -2.20. The summed E-state index contributed by atoms with van der Waals surface area (Å²) in [6.45, 7) is 0. The van der Waals surface area contributed by atoms with E-state index in [4.69, 9.17) is 10.0 Å². The molecule has 72 valence electrons. The smallest absolute Gasteiger partial charge is 1.00 e. The Morgan fingerprint density at radius 2 is 1.57 bits per heavy atom. The molecule has 0 spiro atoms. The topological polar surface area (TPSA) is 49.7 Å².